The average Bonchev–Trinajstić information content (AvgIpc) is 3.05. The number of methoxy groups -OCH3 is 1. The smallest absolute Gasteiger partial charge is 0.261 e. The number of carbonyl (C=O) groups is 1. The van der Waals surface area contributed by atoms with Gasteiger partial charge >= 0.3 is 0 Å². The first-order chi connectivity index (χ1) is 12.6. The van der Waals surface area contributed by atoms with E-state index in [1.54, 1.807) is 13.2 Å². The normalized spacial score (nSPS) is 11.0. The molecule has 0 saturated heterocycles. The van der Waals surface area contributed by atoms with Gasteiger partial charge in [0, 0.05) is 0 Å². The molecular formula is C19H12BrClN2O2S. The third kappa shape index (κ3) is 2.94. The number of hydrogen-bond donors (Lipinski definition) is 1. The molecule has 4 rings (SSSR count). The number of amides is 1. The second kappa shape index (κ2) is 6.87. The van der Waals surface area contributed by atoms with Crippen molar-refractivity contribution in [2.75, 3.05) is 12.4 Å². The molecule has 130 valence electrons. The molecule has 0 fully saturated rings. The van der Waals surface area contributed by atoms with Crippen LogP contribution in [0.25, 0.3) is 21.0 Å². The summed E-state index contributed by atoms with van der Waals surface area (Å²) in [6, 6.07) is 15.2. The second-order valence-electron chi connectivity index (χ2n) is 5.55. The first kappa shape index (κ1) is 17.3. The molecule has 4 nitrogen and oxygen atoms in total. The Bertz CT molecular complexity index is 1160. The number of aromatic nitrogens is 1. The number of para-hydroxylation sites is 1. The van der Waals surface area contributed by atoms with E-state index in [4.69, 9.17) is 16.3 Å². The van der Waals surface area contributed by atoms with Crippen molar-refractivity contribution in [1.29, 1.82) is 0 Å². The summed E-state index contributed by atoms with van der Waals surface area (Å²) in [7, 11) is 1.54. The number of nitrogens with one attached hydrogen (secondary N) is 1. The van der Waals surface area contributed by atoms with E-state index in [1.807, 2.05) is 42.5 Å². The van der Waals surface area contributed by atoms with Crippen LogP contribution < -0.4 is 10.1 Å². The maximum Gasteiger partial charge on any atom is 0.261 e. The van der Waals surface area contributed by atoms with Crippen LogP contribution in [0.2, 0.25) is 5.02 Å². The number of fused-ring (bicyclic) bond motifs is 2. The maximum atomic E-state index is 12.9. The second-order valence-corrected chi connectivity index (χ2v) is 7.78. The highest BCUT2D eigenvalue weighted by molar-refractivity contribution is 9.10. The number of benzene rings is 3. The van der Waals surface area contributed by atoms with Crippen LogP contribution in [0.15, 0.2) is 53.0 Å². The number of carbonyl (C=O) groups excluding carboxylic acids is 1. The summed E-state index contributed by atoms with van der Waals surface area (Å²) in [4.78, 5) is 17.3. The fourth-order valence-electron chi connectivity index (χ4n) is 2.79. The Kier molecular flexibility index (Phi) is 4.56. The standard InChI is InChI=1S/C19H12BrClN2O2S/c1-25-17-12(9-10-5-2-3-6-11(10)15(17)20)18(24)23-19-22-16-13(21)7-4-8-14(16)26-19/h2-9H,1H3,(H,22,23,24). The predicted molar refractivity (Wildman–Crippen MR) is 111 cm³/mol. The summed E-state index contributed by atoms with van der Waals surface area (Å²) in [6.07, 6.45) is 0. The third-order valence-electron chi connectivity index (χ3n) is 3.98. The Labute approximate surface area is 166 Å². The van der Waals surface area contributed by atoms with Crippen molar-refractivity contribution in [2.45, 2.75) is 0 Å². The van der Waals surface area contributed by atoms with E-state index in [0.29, 0.717) is 27.0 Å². The topological polar surface area (TPSA) is 51.2 Å². The Morgan fingerprint density at radius 3 is 2.81 bits per heavy atom. The monoisotopic (exact) mass is 446 g/mol. The molecule has 4 aromatic rings. The van der Waals surface area contributed by atoms with Crippen molar-refractivity contribution < 1.29 is 9.53 Å². The first-order valence-electron chi connectivity index (χ1n) is 7.70. The van der Waals surface area contributed by atoms with E-state index in [2.05, 4.69) is 26.2 Å². The number of halogens is 2. The molecule has 0 spiro atoms. The Morgan fingerprint density at radius 1 is 1.23 bits per heavy atom. The van der Waals surface area contributed by atoms with E-state index in [-0.39, 0.29) is 5.91 Å². The molecule has 1 aromatic heterocycles. The van der Waals surface area contributed by atoms with Crippen LogP contribution in [0.1, 0.15) is 10.4 Å². The molecule has 0 atom stereocenters. The molecule has 0 bridgehead atoms. The molecule has 26 heavy (non-hydrogen) atoms. The lowest BCUT2D eigenvalue weighted by atomic mass is 10.1. The highest BCUT2D eigenvalue weighted by atomic mass is 79.9. The molecule has 3 aromatic carbocycles. The van der Waals surface area contributed by atoms with Gasteiger partial charge in [-0.3, -0.25) is 10.1 Å². The average molecular weight is 448 g/mol. The fraction of sp³-hybridized carbons (Fsp3) is 0.0526. The van der Waals surface area contributed by atoms with Gasteiger partial charge in [-0.2, -0.15) is 0 Å². The van der Waals surface area contributed by atoms with Crippen LogP contribution in [0.5, 0.6) is 5.75 Å². The molecule has 1 N–H and O–H groups in total. The Balaban J connectivity index is 1.76. The molecule has 1 heterocycles. The van der Waals surface area contributed by atoms with Gasteiger partial charge in [0.05, 0.1) is 26.9 Å². The molecule has 0 aliphatic heterocycles. The van der Waals surface area contributed by atoms with Crippen molar-refractivity contribution in [2.24, 2.45) is 0 Å². The van der Waals surface area contributed by atoms with Gasteiger partial charge in [-0.1, -0.05) is 53.3 Å². The van der Waals surface area contributed by atoms with Gasteiger partial charge in [-0.25, -0.2) is 4.98 Å². The number of hydrogen-bond acceptors (Lipinski definition) is 4. The summed E-state index contributed by atoms with van der Waals surface area (Å²) in [5.41, 5.74) is 1.12. The molecule has 0 unspecified atom stereocenters. The van der Waals surface area contributed by atoms with Gasteiger partial charge in [0.15, 0.2) is 5.13 Å². The number of anilines is 1. The van der Waals surface area contributed by atoms with E-state index >= 15 is 0 Å². The zero-order chi connectivity index (χ0) is 18.3. The summed E-state index contributed by atoms with van der Waals surface area (Å²) >= 11 is 11.1. The highest BCUT2D eigenvalue weighted by Crippen LogP contribution is 2.37. The molecular weight excluding hydrogens is 436 g/mol. The maximum absolute atomic E-state index is 12.9. The summed E-state index contributed by atoms with van der Waals surface area (Å²) < 4.78 is 7.14. The highest BCUT2D eigenvalue weighted by Gasteiger charge is 2.19. The van der Waals surface area contributed by atoms with Gasteiger partial charge in [0.2, 0.25) is 0 Å². The first-order valence-corrected chi connectivity index (χ1v) is 9.69. The van der Waals surface area contributed by atoms with Gasteiger partial charge in [0.25, 0.3) is 5.91 Å². The minimum atomic E-state index is -0.288. The number of ether oxygens (including phenoxy) is 1. The summed E-state index contributed by atoms with van der Waals surface area (Å²) in [5.74, 6) is 0.198. The molecule has 0 radical (unpaired) electrons. The Morgan fingerprint density at radius 2 is 2.04 bits per heavy atom. The zero-order valence-electron chi connectivity index (χ0n) is 13.5. The molecule has 0 aliphatic rings. The van der Waals surface area contributed by atoms with Crippen molar-refractivity contribution in [3.63, 3.8) is 0 Å². The van der Waals surface area contributed by atoms with E-state index < -0.39 is 0 Å². The SMILES string of the molecule is COc1c(C(=O)Nc2nc3c(Cl)cccc3s2)cc2ccccc2c1Br. The van der Waals surface area contributed by atoms with Crippen LogP contribution in [0.4, 0.5) is 5.13 Å². The van der Waals surface area contributed by atoms with Crippen molar-refractivity contribution in [3.8, 4) is 5.75 Å². The minimum absolute atomic E-state index is 0.288. The van der Waals surface area contributed by atoms with Crippen LogP contribution in [-0.2, 0) is 0 Å². The van der Waals surface area contributed by atoms with Gasteiger partial charge in [-0.05, 0) is 44.9 Å². The molecule has 7 heteroatoms. The van der Waals surface area contributed by atoms with Gasteiger partial charge in [0.1, 0.15) is 11.3 Å². The largest absolute Gasteiger partial charge is 0.495 e. The van der Waals surface area contributed by atoms with E-state index in [0.717, 1.165) is 19.9 Å². The molecule has 0 saturated carbocycles. The summed E-state index contributed by atoms with van der Waals surface area (Å²) in [6.45, 7) is 0. The van der Waals surface area contributed by atoms with Crippen molar-refractivity contribution in [1.82, 2.24) is 4.98 Å². The van der Waals surface area contributed by atoms with E-state index in [9.17, 15) is 4.79 Å². The fourth-order valence-corrected chi connectivity index (χ4v) is 4.68. The van der Waals surface area contributed by atoms with Crippen LogP contribution >= 0.6 is 38.9 Å². The predicted octanol–water partition coefficient (Wildman–Crippen LogP) is 6.13. The van der Waals surface area contributed by atoms with Crippen LogP contribution in [0.3, 0.4) is 0 Å². The third-order valence-corrected chi connectivity index (χ3v) is 6.01. The minimum Gasteiger partial charge on any atom is -0.495 e. The molecule has 0 aliphatic carbocycles. The van der Waals surface area contributed by atoms with E-state index in [1.165, 1.54) is 11.3 Å². The van der Waals surface area contributed by atoms with Gasteiger partial charge < -0.3 is 4.74 Å². The number of thiazole rings is 1. The molecule has 1 amide bonds. The Hall–Kier alpha value is -2.15. The lowest BCUT2D eigenvalue weighted by Crippen LogP contribution is -2.13. The van der Waals surface area contributed by atoms with Crippen molar-refractivity contribution in [3.05, 3.63) is 63.6 Å². The van der Waals surface area contributed by atoms with Crippen LogP contribution in [-0.4, -0.2) is 18.0 Å². The quantitative estimate of drug-likeness (QED) is 0.411. The number of rotatable bonds is 3. The van der Waals surface area contributed by atoms with Crippen LogP contribution in [0, 0.1) is 0 Å². The summed E-state index contributed by atoms with van der Waals surface area (Å²) in [5, 5.41) is 5.82. The number of nitrogens with zero attached hydrogens (tertiary/aromatic N) is 1. The lowest BCUT2D eigenvalue weighted by molar-refractivity contribution is 0.102. The zero-order valence-corrected chi connectivity index (χ0v) is 16.7. The lowest BCUT2D eigenvalue weighted by Gasteiger charge is -2.12. The van der Waals surface area contributed by atoms with Gasteiger partial charge in [-0.15, -0.1) is 0 Å². The van der Waals surface area contributed by atoms with Crippen molar-refractivity contribution >= 4 is 70.9 Å².